The number of sulfonamides is 1. The number of likely N-dealkylation sites (tertiary alicyclic amines) is 2. The summed E-state index contributed by atoms with van der Waals surface area (Å²) in [5, 5.41) is -0.744. The summed E-state index contributed by atoms with van der Waals surface area (Å²) in [6.07, 6.45) is 4.61. The van der Waals surface area contributed by atoms with Crippen LogP contribution < -0.4 is 0 Å². The molecule has 0 saturated carbocycles. The number of hydrogen-bond acceptors (Lipinski definition) is 6. The molecule has 3 fully saturated rings. The molecule has 5 rings (SSSR count). The Morgan fingerprint density at radius 1 is 0.649 bits per heavy atom. The third kappa shape index (κ3) is 5.96. The quantitative estimate of drug-likeness (QED) is 0.457. The Morgan fingerprint density at radius 2 is 1.11 bits per heavy atom. The third-order valence-electron chi connectivity index (χ3n) is 8.25. The molecule has 37 heavy (non-hydrogen) atoms. The summed E-state index contributed by atoms with van der Waals surface area (Å²) in [5.74, 6) is -0.173. The fourth-order valence-electron chi connectivity index (χ4n) is 6.65. The van der Waals surface area contributed by atoms with Gasteiger partial charge in [0, 0.05) is 19.6 Å². The lowest BCUT2D eigenvalue weighted by Crippen LogP contribution is -2.65. The molecule has 0 bridgehead atoms. The summed E-state index contributed by atoms with van der Waals surface area (Å²) < 4.78 is 58.1. The second-order valence-electron chi connectivity index (χ2n) is 11.0. The van der Waals surface area contributed by atoms with Gasteiger partial charge in [0.2, 0.25) is 10.0 Å². The highest BCUT2D eigenvalue weighted by Crippen LogP contribution is 2.41. The molecule has 0 radical (unpaired) electrons. The molecule has 9 heteroatoms. The molecule has 1 atom stereocenters. The smallest absolute Gasteiger partial charge is 0.218 e. The molecular weight excluding hydrogens is 506 g/mol. The van der Waals surface area contributed by atoms with Crippen LogP contribution in [0.3, 0.4) is 0 Å². The zero-order valence-electron chi connectivity index (χ0n) is 21.5. The first-order valence-electron chi connectivity index (χ1n) is 13.5. The minimum absolute atomic E-state index is 0.0627. The minimum atomic E-state index is -3.75. The fourth-order valence-corrected chi connectivity index (χ4v) is 10.9. The lowest BCUT2D eigenvalue weighted by molar-refractivity contribution is 0.114. The largest absolute Gasteiger partial charge is 0.301 e. The van der Waals surface area contributed by atoms with Gasteiger partial charge in [0.25, 0.3) is 0 Å². The van der Waals surface area contributed by atoms with Crippen LogP contribution in [-0.2, 0) is 31.4 Å². The van der Waals surface area contributed by atoms with Crippen molar-refractivity contribution in [2.24, 2.45) is 0 Å². The van der Waals surface area contributed by atoms with E-state index >= 15 is 0 Å². The molecule has 3 aliphatic heterocycles. The van der Waals surface area contributed by atoms with Gasteiger partial charge in [0.15, 0.2) is 9.84 Å². The van der Waals surface area contributed by atoms with Gasteiger partial charge < -0.3 is 9.80 Å². The molecule has 3 aliphatic rings. The maximum absolute atomic E-state index is 14.1. The first-order valence-corrected chi connectivity index (χ1v) is 16.9. The van der Waals surface area contributed by atoms with E-state index in [0.29, 0.717) is 19.5 Å². The van der Waals surface area contributed by atoms with Gasteiger partial charge >= 0.3 is 0 Å². The Bertz CT molecular complexity index is 1140. The van der Waals surface area contributed by atoms with E-state index in [0.717, 1.165) is 63.0 Å². The molecule has 0 spiro atoms. The van der Waals surface area contributed by atoms with Crippen molar-refractivity contribution < 1.29 is 16.8 Å². The summed E-state index contributed by atoms with van der Waals surface area (Å²) in [6, 6.07) is 18.5. The van der Waals surface area contributed by atoms with Crippen molar-refractivity contribution in [3.63, 3.8) is 0 Å². The average Bonchev–Trinajstić information content (AvgIpc) is 3.63. The lowest BCUT2D eigenvalue weighted by Gasteiger charge is -2.45. The summed E-state index contributed by atoms with van der Waals surface area (Å²) in [4.78, 5) is 4.61. The molecule has 7 nitrogen and oxygen atoms in total. The molecule has 0 aliphatic carbocycles. The number of rotatable bonds is 10. The van der Waals surface area contributed by atoms with E-state index in [9.17, 15) is 16.8 Å². The van der Waals surface area contributed by atoms with Crippen molar-refractivity contribution in [1.29, 1.82) is 0 Å². The number of sulfone groups is 1. The van der Waals surface area contributed by atoms with Crippen molar-refractivity contribution in [1.82, 2.24) is 14.1 Å². The average molecular weight is 546 g/mol. The topological polar surface area (TPSA) is 78.0 Å². The van der Waals surface area contributed by atoms with E-state index in [1.54, 1.807) is 4.31 Å². The molecule has 1 unspecified atom stereocenters. The van der Waals surface area contributed by atoms with Gasteiger partial charge in [0.05, 0.1) is 22.3 Å². The Kier molecular flexibility index (Phi) is 8.07. The number of benzene rings is 2. The van der Waals surface area contributed by atoms with Crippen molar-refractivity contribution in [2.75, 3.05) is 45.8 Å². The van der Waals surface area contributed by atoms with Crippen molar-refractivity contribution in [2.45, 2.75) is 54.4 Å². The predicted octanol–water partition coefficient (Wildman–Crippen LogP) is 3.14. The monoisotopic (exact) mass is 545 g/mol. The summed E-state index contributed by atoms with van der Waals surface area (Å²) >= 11 is 0. The van der Waals surface area contributed by atoms with Crippen LogP contribution in [0.25, 0.3) is 0 Å². The maximum atomic E-state index is 14.1. The second kappa shape index (κ2) is 11.1. The molecule has 3 saturated heterocycles. The van der Waals surface area contributed by atoms with Gasteiger partial charge in [-0.05, 0) is 69.4 Å². The minimum Gasteiger partial charge on any atom is -0.301 e. The SMILES string of the molecule is O=S(=O)(Cc1ccccc1)C1CCN(S(=O)(=O)Cc2ccccc2)C1(CN1CCCC1)CN1CCCC1. The van der Waals surface area contributed by atoms with Crippen LogP contribution in [0.2, 0.25) is 0 Å². The van der Waals surface area contributed by atoms with E-state index in [2.05, 4.69) is 9.80 Å². The molecule has 0 N–H and O–H groups in total. The number of nitrogens with zero attached hydrogens (tertiary/aromatic N) is 3. The molecule has 2 aromatic rings. The van der Waals surface area contributed by atoms with E-state index in [1.807, 2.05) is 60.7 Å². The van der Waals surface area contributed by atoms with Gasteiger partial charge in [-0.3, -0.25) is 0 Å². The maximum Gasteiger partial charge on any atom is 0.218 e. The van der Waals surface area contributed by atoms with Crippen LogP contribution in [0.1, 0.15) is 43.2 Å². The van der Waals surface area contributed by atoms with E-state index < -0.39 is 30.6 Å². The fraction of sp³-hybridized carbons (Fsp3) is 0.571. The van der Waals surface area contributed by atoms with E-state index in [1.165, 1.54) is 0 Å². The predicted molar refractivity (Wildman–Crippen MR) is 147 cm³/mol. The molecule has 0 amide bonds. The molecule has 2 aromatic carbocycles. The van der Waals surface area contributed by atoms with Gasteiger partial charge in [0.1, 0.15) is 0 Å². The highest BCUT2D eigenvalue weighted by atomic mass is 32.2. The lowest BCUT2D eigenvalue weighted by atomic mass is 9.95. The highest BCUT2D eigenvalue weighted by Gasteiger charge is 2.59. The summed E-state index contributed by atoms with van der Waals surface area (Å²) in [6.45, 7) is 4.74. The van der Waals surface area contributed by atoms with Crippen LogP contribution in [-0.4, -0.2) is 87.5 Å². The van der Waals surface area contributed by atoms with Gasteiger partial charge in [-0.15, -0.1) is 0 Å². The summed E-state index contributed by atoms with van der Waals surface area (Å²) in [7, 11) is -7.38. The normalized spacial score (nSPS) is 23.6. The van der Waals surface area contributed by atoms with Gasteiger partial charge in [-0.25, -0.2) is 16.8 Å². The summed E-state index contributed by atoms with van der Waals surface area (Å²) in [5.41, 5.74) is 0.481. The zero-order valence-corrected chi connectivity index (χ0v) is 23.2. The molecule has 202 valence electrons. The van der Waals surface area contributed by atoms with E-state index in [-0.39, 0.29) is 18.1 Å². The van der Waals surface area contributed by atoms with Crippen molar-refractivity contribution in [3.05, 3.63) is 71.8 Å². The first kappa shape index (κ1) is 26.8. The van der Waals surface area contributed by atoms with Crippen LogP contribution in [0.15, 0.2) is 60.7 Å². The van der Waals surface area contributed by atoms with Crippen LogP contribution >= 0.6 is 0 Å². The Hall–Kier alpha value is -1.78. The zero-order chi connectivity index (χ0) is 25.9. The molecule has 0 aromatic heterocycles. The van der Waals surface area contributed by atoms with Gasteiger partial charge in [-0.2, -0.15) is 4.31 Å². The third-order valence-corrected chi connectivity index (χ3v) is 12.4. The molecular formula is C28H39N3O4S2. The van der Waals surface area contributed by atoms with Crippen LogP contribution in [0.5, 0.6) is 0 Å². The standard InChI is InChI=1S/C28H39N3O4S2/c32-36(33,21-25-11-3-1-4-12-25)27-15-20-31(37(34,35)22-26-13-5-2-6-14-26)28(27,23-29-16-7-8-17-29)24-30-18-9-10-19-30/h1-6,11-14,27H,7-10,15-24H2. The van der Waals surface area contributed by atoms with Crippen LogP contribution in [0.4, 0.5) is 0 Å². The van der Waals surface area contributed by atoms with Crippen molar-refractivity contribution in [3.8, 4) is 0 Å². The Morgan fingerprint density at radius 3 is 1.59 bits per heavy atom. The van der Waals surface area contributed by atoms with Crippen molar-refractivity contribution >= 4 is 19.9 Å². The van der Waals surface area contributed by atoms with Crippen LogP contribution in [0, 0.1) is 0 Å². The first-order chi connectivity index (χ1) is 17.8. The Balaban J connectivity index is 1.56. The highest BCUT2D eigenvalue weighted by molar-refractivity contribution is 7.91. The number of hydrogen-bond donors (Lipinski definition) is 0. The molecule has 3 heterocycles. The van der Waals surface area contributed by atoms with Gasteiger partial charge in [-0.1, -0.05) is 60.7 Å². The second-order valence-corrected chi connectivity index (χ2v) is 15.0. The Labute approximate surface area is 222 Å². The van der Waals surface area contributed by atoms with E-state index in [4.69, 9.17) is 0 Å².